The molecule has 1 saturated heterocycles. The van der Waals surface area contributed by atoms with E-state index in [1.165, 1.54) is 31.5 Å². The average molecular weight is 290 g/mol. The number of nitrogens with one attached hydrogen (secondary N) is 1. The molecule has 0 saturated carbocycles. The zero-order valence-electron chi connectivity index (χ0n) is 13.7. The molecule has 1 heterocycles. The van der Waals surface area contributed by atoms with Crippen LogP contribution in [0.1, 0.15) is 49.8 Å². The lowest BCUT2D eigenvalue weighted by atomic mass is 9.98. The number of likely N-dealkylation sites (tertiary alicyclic amines) is 1. The zero-order chi connectivity index (χ0) is 15.2. The third kappa shape index (κ3) is 5.10. The monoisotopic (exact) mass is 290 g/mol. The number of nitrogens with zero attached hydrogens (tertiary/aromatic N) is 1. The Kier molecular flexibility index (Phi) is 6.22. The van der Waals surface area contributed by atoms with E-state index in [0.29, 0.717) is 12.5 Å². The quantitative estimate of drug-likeness (QED) is 0.845. The van der Waals surface area contributed by atoms with Crippen molar-refractivity contribution in [3.05, 3.63) is 35.4 Å². The molecule has 2 unspecified atom stereocenters. The fourth-order valence-electron chi connectivity index (χ4n) is 3.08. The topological polar surface area (TPSA) is 35.5 Å². The number of aliphatic hydroxyl groups excluding tert-OH is 1. The molecule has 0 amide bonds. The Balaban J connectivity index is 1.75. The minimum Gasteiger partial charge on any atom is -0.387 e. The molecule has 2 atom stereocenters. The largest absolute Gasteiger partial charge is 0.387 e. The average Bonchev–Trinajstić information content (AvgIpc) is 2.47. The Labute approximate surface area is 129 Å². The Morgan fingerprint density at radius 3 is 2.52 bits per heavy atom. The van der Waals surface area contributed by atoms with E-state index >= 15 is 0 Å². The SMILES string of the molecule is CC(C)c1ccc(C(O)CNCC2CCCN(C)C2)cc1. The summed E-state index contributed by atoms with van der Waals surface area (Å²) in [5.41, 5.74) is 2.33. The molecule has 1 aromatic rings. The van der Waals surface area contributed by atoms with Gasteiger partial charge in [0.05, 0.1) is 6.10 Å². The van der Waals surface area contributed by atoms with Crippen LogP contribution in [0.25, 0.3) is 0 Å². The van der Waals surface area contributed by atoms with Crippen LogP contribution in [0, 0.1) is 5.92 Å². The van der Waals surface area contributed by atoms with Crippen LogP contribution in [0.4, 0.5) is 0 Å². The molecular weight excluding hydrogens is 260 g/mol. The van der Waals surface area contributed by atoms with Gasteiger partial charge in [-0.15, -0.1) is 0 Å². The lowest BCUT2D eigenvalue weighted by molar-refractivity contribution is 0.163. The molecule has 1 aromatic carbocycles. The molecule has 1 fully saturated rings. The maximum atomic E-state index is 10.3. The molecule has 1 aliphatic heterocycles. The van der Waals surface area contributed by atoms with Crippen LogP contribution in [0.15, 0.2) is 24.3 Å². The molecule has 2 rings (SSSR count). The standard InChI is InChI=1S/C18H30N2O/c1-14(2)16-6-8-17(9-7-16)18(21)12-19-11-15-5-4-10-20(3)13-15/h6-9,14-15,18-19,21H,4-5,10-13H2,1-3H3. The summed E-state index contributed by atoms with van der Waals surface area (Å²) in [6, 6.07) is 8.35. The number of benzene rings is 1. The van der Waals surface area contributed by atoms with E-state index in [2.05, 4.69) is 55.4 Å². The molecule has 0 bridgehead atoms. The highest BCUT2D eigenvalue weighted by atomic mass is 16.3. The van der Waals surface area contributed by atoms with E-state index in [1.807, 2.05) is 0 Å². The first-order valence-corrected chi connectivity index (χ1v) is 8.23. The predicted octanol–water partition coefficient (Wildman–Crippen LogP) is 2.77. The molecule has 0 radical (unpaired) electrons. The first kappa shape index (κ1) is 16.5. The number of rotatable bonds is 6. The Hall–Kier alpha value is -0.900. The van der Waals surface area contributed by atoms with Gasteiger partial charge in [0.25, 0.3) is 0 Å². The normalized spacial score (nSPS) is 21.7. The van der Waals surface area contributed by atoms with E-state index < -0.39 is 6.10 Å². The van der Waals surface area contributed by atoms with E-state index in [4.69, 9.17) is 0 Å². The van der Waals surface area contributed by atoms with Gasteiger partial charge in [0.2, 0.25) is 0 Å². The van der Waals surface area contributed by atoms with Gasteiger partial charge in [-0.2, -0.15) is 0 Å². The Bertz CT molecular complexity index is 416. The predicted molar refractivity (Wildman–Crippen MR) is 88.6 cm³/mol. The summed E-state index contributed by atoms with van der Waals surface area (Å²) in [4.78, 5) is 2.40. The van der Waals surface area contributed by atoms with Crippen molar-refractivity contribution in [3.8, 4) is 0 Å². The van der Waals surface area contributed by atoms with Gasteiger partial charge in [0.15, 0.2) is 0 Å². The summed E-state index contributed by atoms with van der Waals surface area (Å²) in [5.74, 6) is 1.26. The first-order valence-electron chi connectivity index (χ1n) is 8.23. The van der Waals surface area contributed by atoms with E-state index in [9.17, 15) is 5.11 Å². The lowest BCUT2D eigenvalue weighted by Gasteiger charge is -2.30. The van der Waals surface area contributed by atoms with Gasteiger partial charge in [-0.3, -0.25) is 0 Å². The van der Waals surface area contributed by atoms with Crippen LogP contribution >= 0.6 is 0 Å². The van der Waals surface area contributed by atoms with Gasteiger partial charge < -0.3 is 15.3 Å². The van der Waals surface area contributed by atoms with Gasteiger partial charge in [-0.25, -0.2) is 0 Å². The minimum absolute atomic E-state index is 0.410. The zero-order valence-corrected chi connectivity index (χ0v) is 13.7. The van der Waals surface area contributed by atoms with Crippen molar-refractivity contribution < 1.29 is 5.11 Å². The smallest absolute Gasteiger partial charge is 0.0914 e. The number of hydrogen-bond donors (Lipinski definition) is 2. The molecule has 21 heavy (non-hydrogen) atoms. The molecule has 1 aliphatic rings. The van der Waals surface area contributed by atoms with Crippen molar-refractivity contribution >= 4 is 0 Å². The van der Waals surface area contributed by atoms with Crippen molar-refractivity contribution in [2.24, 2.45) is 5.92 Å². The van der Waals surface area contributed by atoms with Gasteiger partial charge in [-0.1, -0.05) is 38.1 Å². The first-order chi connectivity index (χ1) is 10.1. The summed E-state index contributed by atoms with van der Waals surface area (Å²) in [6.07, 6.45) is 2.19. The molecule has 118 valence electrons. The highest BCUT2D eigenvalue weighted by Crippen LogP contribution is 2.19. The number of aliphatic hydroxyl groups is 1. The lowest BCUT2D eigenvalue weighted by Crippen LogP contribution is -2.38. The molecule has 2 N–H and O–H groups in total. The molecule has 0 aliphatic carbocycles. The third-order valence-corrected chi connectivity index (χ3v) is 4.48. The van der Waals surface area contributed by atoms with Crippen LogP contribution in [0.3, 0.4) is 0 Å². The number of piperidine rings is 1. The summed E-state index contributed by atoms with van der Waals surface area (Å²) in [5, 5.41) is 13.7. The fraction of sp³-hybridized carbons (Fsp3) is 0.667. The molecule has 3 heteroatoms. The van der Waals surface area contributed by atoms with Crippen molar-refractivity contribution in [2.75, 3.05) is 33.2 Å². The van der Waals surface area contributed by atoms with Crippen LogP contribution in [0.2, 0.25) is 0 Å². The highest BCUT2D eigenvalue weighted by molar-refractivity contribution is 5.26. The Morgan fingerprint density at radius 2 is 1.90 bits per heavy atom. The van der Waals surface area contributed by atoms with Crippen LogP contribution in [0.5, 0.6) is 0 Å². The second-order valence-corrected chi connectivity index (χ2v) is 6.77. The summed E-state index contributed by atoms with van der Waals surface area (Å²) < 4.78 is 0. The van der Waals surface area contributed by atoms with Gasteiger partial charge >= 0.3 is 0 Å². The van der Waals surface area contributed by atoms with E-state index in [0.717, 1.165) is 18.0 Å². The molecule has 3 nitrogen and oxygen atoms in total. The minimum atomic E-state index is -0.410. The van der Waals surface area contributed by atoms with Gasteiger partial charge in [-0.05, 0) is 55.9 Å². The summed E-state index contributed by atoms with van der Waals surface area (Å²) in [7, 11) is 2.19. The fourth-order valence-corrected chi connectivity index (χ4v) is 3.08. The van der Waals surface area contributed by atoms with Crippen LogP contribution < -0.4 is 5.32 Å². The van der Waals surface area contributed by atoms with Crippen molar-refractivity contribution in [1.29, 1.82) is 0 Å². The Morgan fingerprint density at radius 1 is 1.24 bits per heavy atom. The van der Waals surface area contributed by atoms with Gasteiger partial charge in [0, 0.05) is 13.1 Å². The molecule has 0 aromatic heterocycles. The highest BCUT2D eigenvalue weighted by Gasteiger charge is 2.17. The summed E-state index contributed by atoms with van der Waals surface area (Å²) in [6.45, 7) is 8.42. The van der Waals surface area contributed by atoms with Crippen LogP contribution in [-0.2, 0) is 0 Å². The maximum absolute atomic E-state index is 10.3. The van der Waals surface area contributed by atoms with Crippen molar-refractivity contribution in [3.63, 3.8) is 0 Å². The third-order valence-electron chi connectivity index (χ3n) is 4.48. The summed E-state index contributed by atoms with van der Waals surface area (Å²) >= 11 is 0. The number of hydrogen-bond acceptors (Lipinski definition) is 3. The molecule has 0 spiro atoms. The van der Waals surface area contributed by atoms with Crippen LogP contribution in [-0.4, -0.2) is 43.2 Å². The van der Waals surface area contributed by atoms with Crippen molar-refractivity contribution in [2.45, 2.75) is 38.7 Å². The second-order valence-electron chi connectivity index (χ2n) is 6.77. The van der Waals surface area contributed by atoms with Crippen molar-refractivity contribution in [1.82, 2.24) is 10.2 Å². The molecular formula is C18H30N2O. The maximum Gasteiger partial charge on any atom is 0.0914 e. The van der Waals surface area contributed by atoms with E-state index in [-0.39, 0.29) is 0 Å². The van der Waals surface area contributed by atoms with Gasteiger partial charge in [0.1, 0.15) is 0 Å². The second kappa shape index (κ2) is 7.92. The van der Waals surface area contributed by atoms with E-state index in [1.54, 1.807) is 0 Å².